The summed E-state index contributed by atoms with van der Waals surface area (Å²) in [4.78, 5) is 22.2. The molecule has 0 spiro atoms. The van der Waals surface area contributed by atoms with Gasteiger partial charge in [-0.1, -0.05) is 5.16 Å². The number of piperidine rings is 1. The number of nitrogens with two attached hydrogens (primary N) is 1. The first-order chi connectivity index (χ1) is 7.63. The highest BCUT2D eigenvalue weighted by Crippen LogP contribution is 2.04. The van der Waals surface area contributed by atoms with Crippen LogP contribution in [0.4, 0.5) is 0 Å². The first kappa shape index (κ1) is 12.4. The average Bonchev–Trinajstić information content (AvgIpc) is 2.26. The highest BCUT2D eigenvalue weighted by Gasteiger charge is 2.25. The summed E-state index contributed by atoms with van der Waals surface area (Å²) in [7, 11) is 0. The predicted molar refractivity (Wildman–Crippen MR) is 56.8 cm³/mol. The number of amides is 2. The van der Waals surface area contributed by atoms with Gasteiger partial charge in [0.1, 0.15) is 5.84 Å². The lowest BCUT2D eigenvalue weighted by Crippen LogP contribution is -2.50. The van der Waals surface area contributed by atoms with Gasteiger partial charge in [-0.3, -0.25) is 14.9 Å². The van der Waals surface area contributed by atoms with E-state index in [0.717, 1.165) is 0 Å². The van der Waals surface area contributed by atoms with Gasteiger partial charge in [-0.2, -0.15) is 0 Å². The summed E-state index contributed by atoms with van der Waals surface area (Å²) in [5.74, 6) is -0.329. The molecule has 7 heteroatoms. The molecule has 1 aliphatic rings. The van der Waals surface area contributed by atoms with Gasteiger partial charge in [0.25, 0.3) is 0 Å². The topological polar surface area (TPSA) is 117 Å². The van der Waals surface area contributed by atoms with Gasteiger partial charge in [0.2, 0.25) is 11.8 Å². The molecule has 0 bridgehead atoms. The van der Waals surface area contributed by atoms with E-state index >= 15 is 0 Å². The lowest BCUT2D eigenvalue weighted by atomic mass is 10.1. The van der Waals surface area contributed by atoms with Crippen LogP contribution in [-0.4, -0.2) is 35.4 Å². The van der Waals surface area contributed by atoms with E-state index in [1.165, 1.54) is 0 Å². The monoisotopic (exact) mass is 228 g/mol. The van der Waals surface area contributed by atoms with Crippen LogP contribution >= 0.6 is 0 Å². The number of imide groups is 1. The number of carbonyl (C=O) groups excluding carboxylic acids is 2. The zero-order chi connectivity index (χ0) is 12.0. The van der Waals surface area contributed by atoms with Crippen LogP contribution in [0.25, 0.3) is 0 Å². The summed E-state index contributed by atoms with van der Waals surface area (Å²) in [6.07, 6.45) is 2.03. The van der Waals surface area contributed by atoms with Crippen molar-refractivity contribution in [3.63, 3.8) is 0 Å². The van der Waals surface area contributed by atoms with Gasteiger partial charge in [-0.15, -0.1) is 0 Å². The van der Waals surface area contributed by atoms with Gasteiger partial charge >= 0.3 is 0 Å². The Hall–Kier alpha value is -1.63. The Labute approximate surface area is 93.1 Å². The van der Waals surface area contributed by atoms with Gasteiger partial charge in [0, 0.05) is 12.8 Å². The molecule has 0 aromatic carbocycles. The minimum Gasteiger partial charge on any atom is -0.409 e. The molecule has 5 N–H and O–H groups in total. The Kier molecular flexibility index (Phi) is 4.71. The third-order valence-corrected chi connectivity index (χ3v) is 2.37. The van der Waals surface area contributed by atoms with E-state index in [1.807, 2.05) is 0 Å². The molecule has 1 unspecified atom stereocenters. The summed E-state index contributed by atoms with van der Waals surface area (Å²) in [5.41, 5.74) is 5.29. The summed E-state index contributed by atoms with van der Waals surface area (Å²) in [6, 6.07) is -0.315. The molecule has 0 radical (unpaired) electrons. The Morgan fingerprint density at radius 3 is 3.00 bits per heavy atom. The lowest BCUT2D eigenvalue weighted by Gasteiger charge is -2.21. The highest BCUT2D eigenvalue weighted by atomic mass is 16.4. The SMILES string of the molecule is NC(CCCNC1CCC(=O)NC1=O)=NO. The molecule has 90 valence electrons. The van der Waals surface area contributed by atoms with E-state index < -0.39 is 0 Å². The Morgan fingerprint density at radius 2 is 2.38 bits per heavy atom. The van der Waals surface area contributed by atoms with E-state index in [4.69, 9.17) is 10.9 Å². The number of nitrogens with zero attached hydrogens (tertiary/aromatic N) is 1. The van der Waals surface area contributed by atoms with Crippen molar-refractivity contribution in [1.82, 2.24) is 10.6 Å². The Morgan fingerprint density at radius 1 is 1.62 bits per heavy atom. The average molecular weight is 228 g/mol. The largest absolute Gasteiger partial charge is 0.409 e. The van der Waals surface area contributed by atoms with E-state index in [9.17, 15) is 9.59 Å². The summed E-state index contributed by atoms with van der Waals surface area (Å²) in [5, 5.41) is 16.4. The van der Waals surface area contributed by atoms with Crippen molar-refractivity contribution in [3.8, 4) is 0 Å². The molecule has 0 aromatic heterocycles. The Bertz CT molecular complexity index is 303. The molecule has 7 nitrogen and oxygen atoms in total. The van der Waals surface area contributed by atoms with E-state index in [-0.39, 0.29) is 23.7 Å². The molecule has 1 atom stereocenters. The number of amidine groups is 1. The highest BCUT2D eigenvalue weighted by molar-refractivity contribution is 6.00. The number of nitrogens with one attached hydrogen (secondary N) is 2. The van der Waals surface area contributed by atoms with Gasteiger partial charge in [0.15, 0.2) is 0 Å². The van der Waals surface area contributed by atoms with Crippen LogP contribution in [0.1, 0.15) is 25.7 Å². The fourth-order valence-corrected chi connectivity index (χ4v) is 1.48. The molecule has 1 heterocycles. The fourth-order valence-electron chi connectivity index (χ4n) is 1.48. The summed E-state index contributed by atoms with van der Waals surface area (Å²) in [6.45, 7) is 0.586. The van der Waals surface area contributed by atoms with Crippen LogP contribution in [0.5, 0.6) is 0 Å². The van der Waals surface area contributed by atoms with E-state index in [0.29, 0.717) is 32.2 Å². The third kappa shape index (κ3) is 3.85. The first-order valence-electron chi connectivity index (χ1n) is 5.17. The number of hydrogen-bond donors (Lipinski definition) is 4. The third-order valence-electron chi connectivity index (χ3n) is 2.37. The van der Waals surface area contributed by atoms with Crippen LogP contribution < -0.4 is 16.4 Å². The number of carbonyl (C=O) groups is 2. The van der Waals surface area contributed by atoms with Crippen molar-refractivity contribution in [2.75, 3.05) is 6.54 Å². The molecule has 0 aliphatic carbocycles. The molecule has 1 saturated heterocycles. The summed E-state index contributed by atoms with van der Waals surface area (Å²) < 4.78 is 0. The minimum absolute atomic E-state index is 0.171. The van der Waals surface area contributed by atoms with Gasteiger partial charge in [0.05, 0.1) is 6.04 Å². The van der Waals surface area contributed by atoms with Crippen LogP contribution in [0.3, 0.4) is 0 Å². The van der Waals surface area contributed by atoms with Crippen LogP contribution in [0.2, 0.25) is 0 Å². The minimum atomic E-state index is -0.315. The smallest absolute Gasteiger partial charge is 0.243 e. The van der Waals surface area contributed by atoms with Crippen LogP contribution in [0, 0.1) is 0 Å². The maximum absolute atomic E-state index is 11.3. The second-order valence-corrected chi connectivity index (χ2v) is 3.65. The van der Waals surface area contributed by atoms with Crippen LogP contribution in [-0.2, 0) is 9.59 Å². The quantitative estimate of drug-likeness (QED) is 0.119. The van der Waals surface area contributed by atoms with Crippen LogP contribution in [0.15, 0.2) is 5.16 Å². The number of rotatable bonds is 5. The van der Waals surface area contributed by atoms with E-state index in [1.54, 1.807) is 0 Å². The van der Waals surface area contributed by atoms with Gasteiger partial charge < -0.3 is 16.3 Å². The first-order valence-corrected chi connectivity index (χ1v) is 5.17. The summed E-state index contributed by atoms with van der Waals surface area (Å²) >= 11 is 0. The van der Waals surface area contributed by atoms with Crippen molar-refractivity contribution in [2.45, 2.75) is 31.7 Å². The van der Waals surface area contributed by atoms with Gasteiger partial charge in [-0.05, 0) is 19.4 Å². The molecular formula is C9H16N4O3. The Balaban J connectivity index is 2.18. The zero-order valence-corrected chi connectivity index (χ0v) is 8.90. The zero-order valence-electron chi connectivity index (χ0n) is 8.90. The normalized spacial score (nSPS) is 22.0. The van der Waals surface area contributed by atoms with Crippen molar-refractivity contribution < 1.29 is 14.8 Å². The van der Waals surface area contributed by atoms with Crippen molar-refractivity contribution >= 4 is 17.6 Å². The molecule has 16 heavy (non-hydrogen) atoms. The molecule has 1 aliphatic heterocycles. The predicted octanol–water partition coefficient (Wildman–Crippen LogP) is -1.09. The van der Waals surface area contributed by atoms with Gasteiger partial charge in [-0.25, -0.2) is 0 Å². The van der Waals surface area contributed by atoms with Crippen molar-refractivity contribution in [2.24, 2.45) is 10.9 Å². The standard InChI is InChI=1S/C9H16N4O3/c10-7(13-16)2-1-5-11-6-3-4-8(14)12-9(6)15/h6,11,16H,1-5H2,(H2,10,13)(H,12,14,15). The molecule has 1 fully saturated rings. The second kappa shape index (κ2) is 6.06. The molecule has 1 rings (SSSR count). The maximum atomic E-state index is 11.3. The fraction of sp³-hybridized carbons (Fsp3) is 0.667. The molecule has 0 aromatic rings. The lowest BCUT2D eigenvalue weighted by molar-refractivity contribution is -0.134. The maximum Gasteiger partial charge on any atom is 0.243 e. The molecular weight excluding hydrogens is 212 g/mol. The second-order valence-electron chi connectivity index (χ2n) is 3.65. The van der Waals surface area contributed by atoms with Crippen molar-refractivity contribution in [3.05, 3.63) is 0 Å². The van der Waals surface area contributed by atoms with Crippen molar-refractivity contribution in [1.29, 1.82) is 0 Å². The number of oxime groups is 1. The molecule has 0 saturated carbocycles. The molecule has 2 amide bonds. The number of hydrogen-bond acceptors (Lipinski definition) is 5. The van der Waals surface area contributed by atoms with E-state index in [2.05, 4.69) is 15.8 Å².